The van der Waals surface area contributed by atoms with Crippen molar-refractivity contribution in [2.24, 2.45) is 7.05 Å². The van der Waals surface area contributed by atoms with Gasteiger partial charge in [0.1, 0.15) is 0 Å². The number of ether oxygens (including phenoxy) is 1. The molecular weight excluding hydrogens is 264 g/mol. The first kappa shape index (κ1) is 13.4. The minimum absolute atomic E-state index is 0.298. The number of esters is 1. The van der Waals surface area contributed by atoms with E-state index in [1.807, 2.05) is 54.9 Å². The minimum atomic E-state index is -0.298. The molecule has 21 heavy (non-hydrogen) atoms. The highest BCUT2D eigenvalue weighted by Gasteiger charge is 2.23. The summed E-state index contributed by atoms with van der Waals surface area (Å²) >= 11 is 0. The molecule has 3 rings (SSSR count). The maximum absolute atomic E-state index is 12.4. The lowest BCUT2D eigenvalue weighted by Crippen LogP contribution is -2.06. The second-order valence-electron chi connectivity index (χ2n) is 4.76. The van der Waals surface area contributed by atoms with Crippen LogP contribution < -0.4 is 0 Å². The van der Waals surface area contributed by atoms with Crippen LogP contribution in [-0.2, 0) is 11.8 Å². The largest absolute Gasteiger partial charge is 0.462 e. The summed E-state index contributed by atoms with van der Waals surface area (Å²) in [7, 11) is 1.94. The third kappa shape index (κ3) is 2.18. The van der Waals surface area contributed by atoms with Gasteiger partial charge in [0.15, 0.2) is 0 Å². The average molecular weight is 280 g/mol. The Balaban J connectivity index is 2.34. The van der Waals surface area contributed by atoms with Gasteiger partial charge in [-0.25, -0.2) is 4.79 Å². The quantitative estimate of drug-likeness (QED) is 0.690. The minimum Gasteiger partial charge on any atom is -0.462 e. The molecule has 0 spiro atoms. The van der Waals surface area contributed by atoms with E-state index in [1.165, 1.54) is 0 Å². The van der Waals surface area contributed by atoms with Crippen molar-refractivity contribution in [1.82, 2.24) is 9.55 Å². The van der Waals surface area contributed by atoms with Crippen molar-refractivity contribution in [2.75, 3.05) is 6.61 Å². The number of pyridine rings is 1. The summed E-state index contributed by atoms with van der Waals surface area (Å²) in [5.74, 6) is -0.298. The van der Waals surface area contributed by atoms with Gasteiger partial charge in [-0.2, -0.15) is 0 Å². The molecule has 2 heterocycles. The lowest BCUT2D eigenvalue weighted by molar-refractivity contribution is 0.0529. The van der Waals surface area contributed by atoms with E-state index in [-0.39, 0.29) is 5.97 Å². The van der Waals surface area contributed by atoms with E-state index in [2.05, 4.69) is 4.98 Å². The summed E-state index contributed by atoms with van der Waals surface area (Å²) in [6, 6.07) is 11.7. The highest BCUT2D eigenvalue weighted by molar-refractivity contribution is 6.10. The molecule has 0 bridgehead atoms. The molecule has 0 saturated carbocycles. The first-order valence-electron chi connectivity index (χ1n) is 6.89. The van der Waals surface area contributed by atoms with Crippen molar-refractivity contribution in [3.05, 3.63) is 54.4 Å². The third-order valence-corrected chi connectivity index (χ3v) is 3.53. The number of benzene rings is 1. The lowest BCUT2D eigenvalue weighted by atomic mass is 10.1. The van der Waals surface area contributed by atoms with Gasteiger partial charge in [0.25, 0.3) is 0 Å². The molecule has 4 heteroatoms. The van der Waals surface area contributed by atoms with Crippen LogP contribution in [0, 0.1) is 0 Å². The fourth-order valence-corrected chi connectivity index (χ4v) is 2.62. The van der Waals surface area contributed by atoms with Crippen LogP contribution in [-0.4, -0.2) is 22.1 Å². The number of fused-ring (bicyclic) bond motifs is 1. The predicted octanol–water partition coefficient (Wildman–Crippen LogP) is 3.42. The molecule has 1 aromatic carbocycles. The lowest BCUT2D eigenvalue weighted by Gasteiger charge is -2.07. The summed E-state index contributed by atoms with van der Waals surface area (Å²) in [5.41, 5.74) is 3.36. The van der Waals surface area contributed by atoms with E-state index in [4.69, 9.17) is 4.74 Å². The molecule has 0 atom stereocenters. The van der Waals surface area contributed by atoms with Crippen LogP contribution in [0.1, 0.15) is 17.3 Å². The number of aryl methyl sites for hydroxylation is 1. The Morgan fingerprint density at radius 2 is 2.00 bits per heavy atom. The maximum atomic E-state index is 12.4. The van der Waals surface area contributed by atoms with Crippen molar-refractivity contribution in [3.8, 4) is 11.3 Å². The first-order chi connectivity index (χ1) is 10.2. The second kappa shape index (κ2) is 5.40. The van der Waals surface area contributed by atoms with Gasteiger partial charge in [0.05, 0.1) is 29.6 Å². The van der Waals surface area contributed by atoms with E-state index in [0.29, 0.717) is 12.2 Å². The molecule has 0 unspecified atom stereocenters. The van der Waals surface area contributed by atoms with Crippen molar-refractivity contribution < 1.29 is 9.53 Å². The van der Waals surface area contributed by atoms with Gasteiger partial charge >= 0.3 is 5.97 Å². The van der Waals surface area contributed by atoms with Gasteiger partial charge in [0, 0.05) is 18.6 Å². The Kier molecular flexibility index (Phi) is 3.44. The number of carbonyl (C=O) groups is 1. The SMILES string of the molecule is CCOC(=O)c1c(-c2ccccc2)n(C)c2cnccc12. The molecule has 0 amide bonds. The molecule has 2 aromatic heterocycles. The average Bonchev–Trinajstić information content (AvgIpc) is 2.82. The highest BCUT2D eigenvalue weighted by atomic mass is 16.5. The topological polar surface area (TPSA) is 44.1 Å². The molecule has 0 aliphatic carbocycles. The van der Waals surface area contributed by atoms with Crippen LogP contribution in [0.5, 0.6) is 0 Å². The van der Waals surface area contributed by atoms with Gasteiger partial charge in [0.2, 0.25) is 0 Å². The van der Waals surface area contributed by atoms with Crippen molar-refractivity contribution in [3.63, 3.8) is 0 Å². The number of carbonyl (C=O) groups excluding carboxylic acids is 1. The van der Waals surface area contributed by atoms with E-state index in [1.54, 1.807) is 12.4 Å². The van der Waals surface area contributed by atoms with Gasteiger partial charge in [-0.15, -0.1) is 0 Å². The summed E-state index contributed by atoms with van der Waals surface area (Å²) in [4.78, 5) is 16.6. The zero-order chi connectivity index (χ0) is 14.8. The normalized spacial score (nSPS) is 10.8. The predicted molar refractivity (Wildman–Crippen MR) is 82.1 cm³/mol. The van der Waals surface area contributed by atoms with E-state index < -0.39 is 0 Å². The van der Waals surface area contributed by atoms with Gasteiger partial charge < -0.3 is 9.30 Å². The van der Waals surface area contributed by atoms with E-state index >= 15 is 0 Å². The van der Waals surface area contributed by atoms with Crippen LogP contribution in [0.15, 0.2) is 48.8 Å². The Labute approximate surface area is 123 Å². The molecule has 0 aliphatic heterocycles. The van der Waals surface area contributed by atoms with Crippen molar-refractivity contribution >= 4 is 16.9 Å². The van der Waals surface area contributed by atoms with Gasteiger partial charge in [-0.05, 0) is 18.6 Å². The summed E-state index contributed by atoms with van der Waals surface area (Å²) < 4.78 is 7.23. The van der Waals surface area contributed by atoms with E-state index in [0.717, 1.165) is 22.2 Å². The molecule has 106 valence electrons. The van der Waals surface area contributed by atoms with E-state index in [9.17, 15) is 4.79 Å². The molecule has 0 saturated heterocycles. The second-order valence-corrected chi connectivity index (χ2v) is 4.76. The molecule has 0 radical (unpaired) electrons. The van der Waals surface area contributed by atoms with Gasteiger partial charge in [-0.3, -0.25) is 4.98 Å². The van der Waals surface area contributed by atoms with Gasteiger partial charge in [-0.1, -0.05) is 30.3 Å². The third-order valence-electron chi connectivity index (χ3n) is 3.53. The highest BCUT2D eigenvalue weighted by Crippen LogP contribution is 2.33. The van der Waals surface area contributed by atoms with Crippen molar-refractivity contribution in [1.29, 1.82) is 0 Å². The number of nitrogens with zero attached hydrogens (tertiary/aromatic N) is 2. The summed E-state index contributed by atoms with van der Waals surface area (Å²) in [6.45, 7) is 2.17. The van der Waals surface area contributed by atoms with Crippen molar-refractivity contribution in [2.45, 2.75) is 6.92 Å². The standard InChI is InChI=1S/C17H16N2O2/c1-3-21-17(20)15-13-9-10-18-11-14(13)19(2)16(15)12-7-5-4-6-8-12/h4-11H,3H2,1-2H3. The Bertz CT molecular complexity index is 791. The fourth-order valence-electron chi connectivity index (χ4n) is 2.62. The fraction of sp³-hybridized carbons (Fsp3) is 0.176. The molecule has 0 N–H and O–H groups in total. The molecule has 3 aromatic rings. The Morgan fingerprint density at radius 1 is 1.24 bits per heavy atom. The van der Waals surface area contributed by atoms with Crippen LogP contribution in [0.4, 0.5) is 0 Å². The number of aromatic nitrogens is 2. The van der Waals surface area contributed by atoms with Crippen LogP contribution in [0.25, 0.3) is 22.2 Å². The summed E-state index contributed by atoms with van der Waals surface area (Å²) in [6.07, 6.45) is 3.46. The number of hydrogen-bond acceptors (Lipinski definition) is 3. The van der Waals surface area contributed by atoms with Crippen LogP contribution >= 0.6 is 0 Å². The molecule has 0 aliphatic rings. The Morgan fingerprint density at radius 3 is 2.71 bits per heavy atom. The maximum Gasteiger partial charge on any atom is 0.340 e. The molecular formula is C17H16N2O2. The van der Waals surface area contributed by atoms with Crippen LogP contribution in [0.2, 0.25) is 0 Å². The zero-order valence-corrected chi connectivity index (χ0v) is 12.0. The number of hydrogen-bond donors (Lipinski definition) is 0. The first-order valence-corrected chi connectivity index (χ1v) is 6.89. The summed E-state index contributed by atoms with van der Waals surface area (Å²) in [5, 5.41) is 0.866. The monoisotopic (exact) mass is 280 g/mol. The smallest absolute Gasteiger partial charge is 0.340 e. The molecule has 4 nitrogen and oxygen atoms in total. The Hall–Kier alpha value is -2.62. The number of rotatable bonds is 3. The molecule has 0 fully saturated rings. The van der Waals surface area contributed by atoms with Crippen LogP contribution in [0.3, 0.4) is 0 Å². The zero-order valence-electron chi connectivity index (χ0n) is 12.0.